The van der Waals surface area contributed by atoms with Gasteiger partial charge in [-0.3, -0.25) is 9.67 Å². The third kappa shape index (κ3) is 3.45. The number of pyridine rings is 1. The van der Waals surface area contributed by atoms with Gasteiger partial charge in [0.25, 0.3) is 0 Å². The minimum absolute atomic E-state index is 0.0946. The molecule has 0 saturated heterocycles. The average molecular weight is 507 g/mol. The van der Waals surface area contributed by atoms with E-state index in [1.165, 1.54) is 12.4 Å². The molecule has 1 unspecified atom stereocenters. The van der Waals surface area contributed by atoms with Crippen LogP contribution in [0.25, 0.3) is 55.5 Å². The van der Waals surface area contributed by atoms with Gasteiger partial charge in [-0.2, -0.15) is 5.10 Å². The molecule has 38 heavy (non-hydrogen) atoms. The molecule has 5 heterocycles. The van der Waals surface area contributed by atoms with Crippen LogP contribution in [0.15, 0.2) is 73.7 Å². The molecule has 0 fully saturated rings. The van der Waals surface area contributed by atoms with E-state index in [-0.39, 0.29) is 16.5 Å². The highest BCUT2D eigenvalue weighted by molar-refractivity contribution is 5.86. The van der Waals surface area contributed by atoms with Crippen LogP contribution >= 0.6 is 0 Å². The lowest BCUT2D eigenvalue weighted by Crippen LogP contribution is -2.11. The number of H-pyrrole nitrogens is 1. The second-order valence-corrected chi connectivity index (χ2v) is 9.29. The number of aromatic nitrogens is 8. The number of imidazole rings is 1. The van der Waals surface area contributed by atoms with Crippen molar-refractivity contribution in [2.24, 2.45) is 7.05 Å². The third-order valence-electron chi connectivity index (χ3n) is 6.92. The molecular weight excluding hydrogens is 486 g/mol. The van der Waals surface area contributed by atoms with E-state index in [2.05, 4.69) is 25.0 Å². The summed E-state index contributed by atoms with van der Waals surface area (Å²) in [5.41, 5.74) is 4.99. The number of benzene rings is 2. The molecule has 0 radical (unpaired) electrons. The molecule has 186 valence electrons. The third-order valence-corrected chi connectivity index (χ3v) is 6.92. The van der Waals surface area contributed by atoms with Crippen molar-refractivity contribution >= 4 is 33.1 Å². The molecule has 1 atom stereocenters. The van der Waals surface area contributed by atoms with Gasteiger partial charge in [-0.1, -0.05) is 6.07 Å². The standard InChI is InChI=1S/C28H20F2N8/c1-15(25-21(29)9-23-20(26(25)30)8-18(10-32-23)19-11-35-37(2)13-19)38-14-34-27-28(38)36-24(12-33-27)16-3-4-22-17(7-16)5-6-31-22/h3-15,31H,1-2H3. The Morgan fingerprint density at radius 1 is 0.921 bits per heavy atom. The Bertz CT molecular complexity index is 2000. The highest BCUT2D eigenvalue weighted by Gasteiger charge is 2.24. The van der Waals surface area contributed by atoms with Crippen LogP contribution in [0.2, 0.25) is 0 Å². The Morgan fingerprint density at radius 2 is 1.82 bits per heavy atom. The van der Waals surface area contributed by atoms with Gasteiger partial charge in [0.1, 0.15) is 11.6 Å². The smallest absolute Gasteiger partial charge is 0.197 e. The van der Waals surface area contributed by atoms with Gasteiger partial charge in [0.05, 0.1) is 36.0 Å². The molecular formula is C28H20F2N8. The van der Waals surface area contributed by atoms with Crippen molar-refractivity contribution in [2.75, 3.05) is 0 Å². The van der Waals surface area contributed by atoms with Gasteiger partial charge in [-0.25, -0.2) is 23.7 Å². The number of halogens is 2. The lowest BCUT2D eigenvalue weighted by molar-refractivity contribution is 0.517. The van der Waals surface area contributed by atoms with Crippen LogP contribution in [0.5, 0.6) is 0 Å². The summed E-state index contributed by atoms with van der Waals surface area (Å²) in [5, 5.41) is 5.44. The highest BCUT2D eigenvalue weighted by Crippen LogP contribution is 2.33. The summed E-state index contributed by atoms with van der Waals surface area (Å²) in [6.45, 7) is 1.72. The van der Waals surface area contributed by atoms with Crippen molar-refractivity contribution in [1.29, 1.82) is 0 Å². The van der Waals surface area contributed by atoms with Crippen molar-refractivity contribution in [2.45, 2.75) is 13.0 Å². The van der Waals surface area contributed by atoms with Gasteiger partial charge < -0.3 is 9.55 Å². The van der Waals surface area contributed by atoms with Crippen LogP contribution in [-0.2, 0) is 7.05 Å². The van der Waals surface area contributed by atoms with Crippen LogP contribution in [0.3, 0.4) is 0 Å². The number of nitrogens with one attached hydrogen (secondary N) is 1. The molecule has 0 saturated carbocycles. The van der Waals surface area contributed by atoms with Gasteiger partial charge in [0.15, 0.2) is 11.3 Å². The SMILES string of the molecule is CC(c1c(F)cc2ncc(-c3cnn(C)c3)cc2c1F)n1cnc2ncc(-c3ccc4[nH]ccc4c3)nc21. The molecule has 7 aromatic rings. The van der Waals surface area contributed by atoms with E-state index in [0.717, 1.165) is 22.0 Å². The molecule has 0 aliphatic heterocycles. The van der Waals surface area contributed by atoms with E-state index in [9.17, 15) is 0 Å². The molecule has 8 nitrogen and oxygen atoms in total. The zero-order valence-electron chi connectivity index (χ0n) is 20.4. The Kier molecular flexibility index (Phi) is 4.84. The van der Waals surface area contributed by atoms with Gasteiger partial charge in [0, 0.05) is 70.2 Å². The quantitative estimate of drug-likeness (QED) is 0.325. The molecule has 2 aromatic carbocycles. The maximum atomic E-state index is 16.0. The van der Waals surface area contributed by atoms with Crippen molar-refractivity contribution < 1.29 is 8.78 Å². The Labute approximate surface area is 214 Å². The predicted octanol–water partition coefficient (Wildman–Crippen LogP) is 5.81. The molecule has 0 spiro atoms. The zero-order chi connectivity index (χ0) is 26.0. The summed E-state index contributed by atoms with van der Waals surface area (Å²) in [4.78, 5) is 21.1. The van der Waals surface area contributed by atoms with Crippen molar-refractivity contribution in [3.8, 4) is 22.4 Å². The fraction of sp³-hybridized carbons (Fsp3) is 0.107. The number of hydrogen-bond donors (Lipinski definition) is 1. The predicted molar refractivity (Wildman–Crippen MR) is 140 cm³/mol. The first-order valence-electron chi connectivity index (χ1n) is 12.0. The number of aromatic amines is 1. The minimum Gasteiger partial charge on any atom is -0.361 e. The Hall–Kier alpha value is -4.99. The average Bonchev–Trinajstić information content (AvgIpc) is 3.67. The zero-order valence-corrected chi connectivity index (χ0v) is 20.4. The number of nitrogens with zero attached hydrogens (tertiary/aromatic N) is 7. The summed E-state index contributed by atoms with van der Waals surface area (Å²) in [7, 11) is 1.80. The Balaban J connectivity index is 1.34. The molecule has 5 aromatic heterocycles. The number of hydrogen-bond acceptors (Lipinski definition) is 5. The van der Waals surface area contributed by atoms with Crippen LogP contribution in [-0.4, -0.2) is 39.3 Å². The van der Waals surface area contributed by atoms with E-state index in [0.29, 0.717) is 22.6 Å². The first kappa shape index (κ1) is 22.2. The number of fused-ring (bicyclic) bond motifs is 3. The second-order valence-electron chi connectivity index (χ2n) is 9.29. The molecule has 0 aliphatic carbocycles. The molecule has 10 heteroatoms. The minimum atomic E-state index is -0.747. The monoisotopic (exact) mass is 506 g/mol. The fourth-order valence-corrected chi connectivity index (χ4v) is 4.91. The molecule has 1 N–H and O–H groups in total. The topological polar surface area (TPSA) is 90.1 Å². The van der Waals surface area contributed by atoms with Crippen LogP contribution < -0.4 is 0 Å². The molecule has 0 amide bonds. The van der Waals surface area contributed by atoms with Crippen molar-refractivity contribution in [3.63, 3.8) is 0 Å². The molecule has 0 aliphatic rings. The largest absolute Gasteiger partial charge is 0.361 e. The van der Waals surface area contributed by atoms with Gasteiger partial charge >= 0.3 is 0 Å². The van der Waals surface area contributed by atoms with Crippen molar-refractivity contribution in [3.05, 3.63) is 90.9 Å². The summed E-state index contributed by atoms with van der Waals surface area (Å²) < 4.78 is 34.6. The summed E-state index contributed by atoms with van der Waals surface area (Å²) in [5.74, 6) is -1.36. The summed E-state index contributed by atoms with van der Waals surface area (Å²) >= 11 is 0. The van der Waals surface area contributed by atoms with Crippen LogP contribution in [0, 0.1) is 11.6 Å². The Morgan fingerprint density at radius 3 is 2.66 bits per heavy atom. The first-order valence-corrected chi connectivity index (χ1v) is 12.0. The normalized spacial score (nSPS) is 12.6. The van der Waals surface area contributed by atoms with Gasteiger partial charge in [-0.05, 0) is 31.2 Å². The van der Waals surface area contributed by atoms with E-state index in [1.807, 2.05) is 36.7 Å². The maximum Gasteiger partial charge on any atom is 0.197 e. The number of rotatable bonds is 4. The lowest BCUT2D eigenvalue weighted by atomic mass is 10.0. The van der Waals surface area contributed by atoms with Gasteiger partial charge in [-0.15, -0.1) is 0 Å². The lowest BCUT2D eigenvalue weighted by Gasteiger charge is -2.17. The van der Waals surface area contributed by atoms with E-state index in [1.54, 1.807) is 47.9 Å². The van der Waals surface area contributed by atoms with Crippen LogP contribution in [0.1, 0.15) is 18.5 Å². The first-order chi connectivity index (χ1) is 18.5. The van der Waals surface area contributed by atoms with E-state index >= 15 is 8.78 Å². The fourth-order valence-electron chi connectivity index (χ4n) is 4.91. The van der Waals surface area contributed by atoms with Crippen LogP contribution in [0.4, 0.5) is 8.78 Å². The number of aryl methyl sites for hydroxylation is 1. The summed E-state index contributed by atoms with van der Waals surface area (Å²) in [6.07, 6.45) is 10.1. The molecule has 0 bridgehead atoms. The highest BCUT2D eigenvalue weighted by atomic mass is 19.1. The van der Waals surface area contributed by atoms with E-state index < -0.39 is 17.7 Å². The maximum absolute atomic E-state index is 16.0. The van der Waals surface area contributed by atoms with E-state index in [4.69, 9.17) is 4.98 Å². The summed E-state index contributed by atoms with van der Waals surface area (Å²) in [6, 6.07) is 10.1. The van der Waals surface area contributed by atoms with Gasteiger partial charge in [0.2, 0.25) is 0 Å². The second kappa shape index (κ2) is 8.27. The molecule has 7 rings (SSSR count). The van der Waals surface area contributed by atoms with Crippen molar-refractivity contribution in [1.82, 2.24) is 39.3 Å².